The lowest BCUT2D eigenvalue weighted by molar-refractivity contribution is -0.145. The average Bonchev–Trinajstić information content (AvgIpc) is 2.87. The average molecular weight is 487 g/mol. The van der Waals surface area contributed by atoms with Gasteiger partial charge >= 0.3 is 11.9 Å². The summed E-state index contributed by atoms with van der Waals surface area (Å²) in [6.07, 6.45) is 2.96. The largest absolute Gasteiger partial charge is 0.485 e. The molecule has 0 atom stereocenters. The number of benzene rings is 3. The van der Waals surface area contributed by atoms with Gasteiger partial charge < -0.3 is 18.9 Å². The Labute approximate surface area is 209 Å². The van der Waals surface area contributed by atoms with E-state index in [1.54, 1.807) is 80.6 Å². The molecule has 7 heteroatoms. The van der Waals surface area contributed by atoms with Crippen LogP contribution in [0.2, 0.25) is 0 Å². The maximum atomic E-state index is 12.5. The maximum Gasteiger partial charge on any atom is 0.342 e. The zero-order chi connectivity index (χ0) is 26.1. The minimum absolute atomic E-state index is 0.0624. The van der Waals surface area contributed by atoms with Crippen LogP contribution in [0.15, 0.2) is 91.2 Å². The molecule has 0 aliphatic carbocycles. The van der Waals surface area contributed by atoms with Crippen LogP contribution in [0.3, 0.4) is 0 Å². The fourth-order valence-corrected chi connectivity index (χ4v) is 2.90. The van der Waals surface area contributed by atoms with Crippen molar-refractivity contribution >= 4 is 34.6 Å². The number of carbonyl (C=O) groups is 3. The fourth-order valence-electron chi connectivity index (χ4n) is 2.90. The van der Waals surface area contributed by atoms with E-state index in [4.69, 9.17) is 18.9 Å². The van der Waals surface area contributed by atoms with Gasteiger partial charge in [-0.15, -0.1) is 0 Å². The van der Waals surface area contributed by atoms with Crippen molar-refractivity contribution in [2.24, 2.45) is 0 Å². The Hall–Kier alpha value is -4.65. The van der Waals surface area contributed by atoms with Crippen LogP contribution < -0.4 is 9.47 Å². The first-order chi connectivity index (χ1) is 17.2. The lowest BCUT2D eigenvalue weighted by Crippen LogP contribution is -2.11. The van der Waals surface area contributed by atoms with E-state index in [2.05, 4.69) is 13.2 Å². The van der Waals surface area contributed by atoms with Crippen molar-refractivity contribution in [3.63, 3.8) is 0 Å². The van der Waals surface area contributed by atoms with Crippen LogP contribution in [0, 0.1) is 0 Å². The highest BCUT2D eigenvalue weighted by atomic mass is 16.7. The van der Waals surface area contributed by atoms with Crippen LogP contribution in [-0.2, 0) is 19.1 Å². The predicted octanol–water partition coefficient (Wildman–Crippen LogP) is 5.65. The second-order valence-electron chi connectivity index (χ2n) is 7.97. The smallest absolute Gasteiger partial charge is 0.342 e. The van der Waals surface area contributed by atoms with Crippen LogP contribution in [0.1, 0.15) is 29.8 Å². The number of rotatable bonds is 11. The summed E-state index contributed by atoms with van der Waals surface area (Å²) in [6, 6.07) is 17.4. The molecule has 7 nitrogen and oxygen atoms in total. The van der Waals surface area contributed by atoms with Gasteiger partial charge in [0.25, 0.3) is 0 Å². The summed E-state index contributed by atoms with van der Waals surface area (Å²) in [5, 5.41) is 1.67. The minimum Gasteiger partial charge on any atom is -0.485 e. The Bertz CT molecular complexity index is 1330. The van der Waals surface area contributed by atoms with E-state index in [-0.39, 0.29) is 19.2 Å². The van der Waals surface area contributed by atoms with Crippen molar-refractivity contribution in [1.82, 2.24) is 0 Å². The number of hydrogen-bond acceptors (Lipinski definition) is 7. The lowest BCUT2D eigenvalue weighted by Gasteiger charge is -2.08. The molecule has 0 saturated heterocycles. The van der Waals surface area contributed by atoms with Crippen molar-refractivity contribution in [3.8, 4) is 11.5 Å². The molecule has 3 aromatic carbocycles. The van der Waals surface area contributed by atoms with Crippen LogP contribution in [0.5, 0.6) is 11.5 Å². The van der Waals surface area contributed by atoms with Crippen molar-refractivity contribution in [2.75, 3.05) is 13.4 Å². The van der Waals surface area contributed by atoms with E-state index in [0.29, 0.717) is 28.2 Å². The van der Waals surface area contributed by atoms with Gasteiger partial charge in [-0.2, -0.15) is 0 Å². The molecule has 0 aromatic heterocycles. The first kappa shape index (κ1) is 26.0. The molecule has 0 N–H and O–H groups in total. The molecule has 3 aromatic rings. The van der Waals surface area contributed by atoms with Crippen molar-refractivity contribution in [1.29, 1.82) is 0 Å². The highest BCUT2D eigenvalue weighted by Crippen LogP contribution is 2.23. The Morgan fingerprint density at radius 2 is 1.47 bits per heavy atom. The number of Topliss-reactive ketones (excluding diaryl/α,β-unsaturated/α-hetero) is 1. The van der Waals surface area contributed by atoms with Crippen molar-refractivity contribution < 1.29 is 33.3 Å². The van der Waals surface area contributed by atoms with Crippen LogP contribution in [-0.4, -0.2) is 31.1 Å². The molecule has 0 heterocycles. The standard InChI is InChI=1S/C29H26O7/c1-19(2)27(30)17-34-25-10-5-21(6-11-25)13-14-33-29(32)24-8-7-23-16-26(12-9-22(23)15-24)35-18-36-28(31)20(3)4/h5-16H,1,3,17-18H2,2,4H3/b14-13+. The van der Waals surface area contributed by atoms with Gasteiger partial charge in [0.05, 0.1) is 11.8 Å². The van der Waals surface area contributed by atoms with Crippen molar-refractivity contribution in [3.05, 3.63) is 102 Å². The molecule has 36 heavy (non-hydrogen) atoms. The Morgan fingerprint density at radius 1 is 0.806 bits per heavy atom. The van der Waals surface area contributed by atoms with E-state index in [1.807, 2.05) is 0 Å². The molecule has 0 unspecified atom stereocenters. The SMILES string of the molecule is C=C(C)C(=O)COc1ccc(/C=C/OC(=O)c2ccc3cc(OCOC(=O)C(=C)C)ccc3c2)cc1. The molecule has 0 radical (unpaired) electrons. The first-order valence-corrected chi connectivity index (χ1v) is 11.0. The van der Waals surface area contributed by atoms with Gasteiger partial charge in [0.15, 0.2) is 12.4 Å². The molecular formula is C29H26O7. The molecule has 0 spiro atoms. The van der Waals surface area contributed by atoms with Gasteiger partial charge in [-0.05, 0) is 78.2 Å². The summed E-state index contributed by atoms with van der Waals surface area (Å²) < 4.78 is 21.0. The predicted molar refractivity (Wildman–Crippen MR) is 137 cm³/mol. The zero-order valence-corrected chi connectivity index (χ0v) is 20.1. The lowest BCUT2D eigenvalue weighted by atomic mass is 10.1. The summed E-state index contributed by atoms with van der Waals surface area (Å²) >= 11 is 0. The molecule has 0 amide bonds. The van der Waals surface area contributed by atoms with E-state index in [0.717, 1.165) is 16.3 Å². The summed E-state index contributed by atoms with van der Waals surface area (Å²) in [5.41, 5.74) is 1.92. The van der Waals surface area contributed by atoms with Crippen molar-refractivity contribution in [2.45, 2.75) is 13.8 Å². The van der Waals surface area contributed by atoms with E-state index in [1.165, 1.54) is 6.26 Å². The van der Waals surface area contributed by atoms with Gasteiger partial charge in [-0.3, -0.25) is 4.79 Å². The minimum atomic E-state index is -0.522. The highest BCUT2D eigenvalue weighted by Gasteiger charge is 2.09. The van der Waals surface area contributed by atoms with Gasteiger partial charge in [-0.1, -0.05) is 37.4 Å². The van der Waals surface area contributed by atoms with Crippen LogP contribution >= 0.6 is 0 Å². The zero-order valence-electron chi connectivity index (χ0n) is 20.1. The summed E-state index contributed by atoms with van der Waals surface area (Å²) in [5.74, 6) is -0.107. The second kappa shape index (κ2) is 12.2. The number of esters is 2. The normalized spacial score (nSPS) is 10.6. The second-order valence-corrected chi connectivity index (χ2v) is 7.97. The Morgan fingerprint density at radius 3 is 2.17 bits per heavy atom. The van der Waals surface area contributed by atoms with Gasteiger partial charge in [0.2, 0.25) is 6.79 Å². The number of fused-ring (bicyclic) bond motifs is 1. The maximum absolute atomic E-state index is 12.5. The van der Waals surface area contributed by atoms with Crippen LogP contribution in [0.25, 0.3) is 16.8 Å². The summed E-state index contributed by atoms with van der Waals surface area (Å²) in [7, 11) is 0. The molecule has 0 bridgehead atoms. The van der Waals surface area contributed by atoms with E-state index in [9.17, 15) is 14.4 Å². The number of hydrogen-bond donors (Lipinski definition) is 0. The van der Waals surface area contributed by atoms with Gasteiger partial charge in [0, 0.05) is 5.57 Å². The third-order valence-electron chi connectivity index (χ3n) is 4.97. The van der Waals surface area contributed by atoms with Crippen LogP contribution in [0.4, 0.5) is 0 Å². The molecule has 0 saturated carbocycles. The molecular weight excluding hydrogens is 460 g/mol. The van der Waals surface area contributed by atoms with E-state index < -0.39 is 11.9 Å². The highest BCUT2D eigenvalue weighted by molar-refractivity contribution is 5.96. The third kappa shape index (κ3) is 7.43. The molecule has 0 fully saturated rings. The topological polar surface area (TPSA) is 88.1 Å². The number of carbonyl (C=O) groups excluding carboxylic acids is 3. The number of ketones is 1. The third-order valence-corrected chi connectivity index (χ3v) is 4.97. The fraction of sp³-hybridized carbons (Fsp3) is 0.138. The van der Waals surface area contributed by atoms with E-state index >= 15 is 0 Å². The molecule has 0 aliphatic rings. The monoisotopic (exact) mass is 486 g/mol. The van der Waals surface area contributed by atoms with Gasteiger partial charge in [0.1, 0.15) is 11.5 Å². The quantitative estimate of drug-likeness (QED) is 0.150. The summed E-state index contributed by atoms with van der Waals surface area (Å²) in [6.45, 7) is 10.0. The number of ether oxygens (including phenoxy) is 4. The Kier molecular flexibility index (Phi) is 8.78. The molecule has 3 rings (SSSR count). The molecule has 184 valence electrons. The summed E-state index contributed by atoms with van der Waals surface area (Å²) in [4.78, 5) is 35.4. The Balaban J connectivity index is 1.54. The van der Waals surface area contributed by atoms with Gasteiger partial charge in [-0.25, -0.2) is 9.59 Å². The first-order valence-electron chi connectivity index (χ1n) is 11.0. The molecule has 0 aliphatic heterocycles.